The first-order valence-corrected chi connectivity index (χ1v) is 7.43. The lowest BCUT2D eigenvalue weighted by Crippen LogP contribution is -2.40. The molecule has 0 aromatic rings. The van der Waals surface area contributed by atoms with Gasteiger partial charge in [0.25, 0.3) is 0 Å². The van der Waals surface area contributed by atoms with Crippen LogP contribution < -0.4 is 0 Å². The standard InChI is InChI=1S/C17H24N2O2/c1-11(2)14-7-8-17(13(5)6,19-10-21)15(12(3)4)16(14)18-9-20/h7,11-13H,8H2,1-6H3. The smallest absolute Gasteiger partial charge is 0.211 e. The summed E-state index contributed by atoms with van der Waals surface area (Å²) in [6.07, 6.45) is 6.07. The predicted molar refractivity (Wildman–Crippen MR) is 83.2 cm³/mol. The summed E-state index contributed by atoms with van der Waals surface area (Å²) in [6.45, 7) is 12.3. The lowest BCUT2D eigenvalue weighted by atomic mass is 9.68. The first-order valence-electron chi connectivity index (χ1n) is 7.43. The molecule has 0 amide bonds. The molecule has 0 bridgehead atoms. The van der Waals surface area contributed by atoms with Crippen LogP contribution >= 0.6 is 0 Å². The number of hydrogen-bond donors (Lipinski definition) is 0. The Bertz CT molecular complexity index is 557. The minimum atomic E-state index is -0.663. The van der Waals surface area contributed by atoms with Crippen molar-refractivity contribution >= 4 is 12.2 Å². The van der Waals surface area contributed by atoms with Crippen LogP contribution in [0.4, 0.5) is 0 Å². The number of nitrogens with zero attached hydrogens (tertiary/aromatic N) is 2. The molecule has 4 heteroatoms. The highest BCUT2D eigenvalue weighted by Gasteiger charge is 2.43. The second kappa shape index (κ2) is 6.80. The third kappa shape index (κ3) is 3.12. The Morgan fingerprint density at radius 3 is 2.05 bits per heavy atom. The molecule has 1 rings (SSSR count). The van der Waals surface area contributed by atoms with Gasteiger partial charge in [0.2, 0.25) is 12.2 Å². The fourth-order valence-electron chi connectivity index (χ4n) is 3.15. The van der Waals surface area contributed by atoms with Crippen molar-refractivity contribution in [3.05, 3.63) is 22.9 Å². The third-order valence-corrected chi connectivity index (χ3v) is 4.19. The molecule has 0 aromatic carbocycles. The van der Waals surface area contributed by atoms with Crippen LogP contribution in [0.3, 0.4) is 0 Å². The zero-order valence-corrected chi connectivity index (χ0v) is 13.7. The molecule has 0 saturated heterocycles. The molecule has 0 aromatic heterocycles. The number of rotatable bonds is 5. The van der Waals surface area contributed by atoms with E-state index in [1.54, 1.807) is 12.2 Å². The van der Waals surface area contributed by atoms with E-state index in [1.807, 2.05) is 33.8 Å². The highest BCUT2D eigenvalue weighted by atomic mass is 16.1. The average molecular weight is 288 g/mol. The Kier molecular flexibility index (Phi) is 5.60. The van der Waals surface area contributed by atoms with Crippen LogP contribution in [0.2, 0.25) is 0 Å². The van der Waals surface area contributed by atoms with Gasteiger partial charge in [0, 0.05) is 0 Å². The molecular weight excluding hydrogens is 264 g/mol. The van der Waals surface area contributed by atoms with Crippen molar-refractivity contribution in [1.29, 1.82) is 0 Å². The van der Waals surface area contributed by atoms with Gasteiger partial charge in [0.1, 0.15) is 5.54 Å². The summed E-state index contributed by atoms with van der Waals surface area (Å²) < 4.78 is 0. The number of aliphatic imine (C=N–C) groups is 2. The summed E-state index contributed by atoms with van der Waals surface area (Å²) in [5.74, 6) is 0.480. The van der Waals surface area contributed by atoms with E-state index in [-0.39, 0.29) is 17.8 Å². The van der Waals surface area contributed by atoms with E-state index in [9.17, 15) is 9.59 Å². The molecule has 0 fully saturated rings. The molecule has 0 saturated carbocycles. The highest BCUT2D eigenvalue weighted by molar-refractivity contribution is 5.53. The van der Waals surface area contributed by atoms with Crippen LogP contribution in [0.1, 0.15) is 48.0 Å². The Morgan fingerprint density at radius 1 is 1.05 bits per heavy atom. The molecule has 1 atom stereocenters. The molecule has 0 N–H and O–H groups in total. The molecular formula is C17H24N2O2. The summed E-state index contributed by atoms with van der Waals surface area (Å²) in [7, 11) is 0. The van der Waals surface area contributed by atoms with Crippen molar-refractivity contribution in [2.45, 2.75) is 53.5 Å². The van der Waals surface area contributed by atoms with E-state index >= 15 is 0 Å². The summed E-state index contributed by atoms with van der Waals surface area (Å²) >= 11 is 0. The van der Waals surface area contributed by atoms with Crippen LogP contribution in [0.25, 0.3) is 0 Å². The lowest BCUT2D eigenvalue weighted by Gasteiger charge is -2.40. The van der Waals surface area contributed by atoms with Gasteiger partial charge in [-0.25, -0.2) is 9.59 Å². The first kappa shape index (κ1) is 17.3. The molecule has 1 aliphatic carbocycles. The fourth-order valence-corrected chi connectivity index (χ4v) is 3.15. The monoisotopic (exact) mass is 288 g/mol. The molecule has 0 radical (unpaired) electrons. The van der Waals surface area contributed by atoms with Gasteiger partial charge >= 0.3 is 0 Å². The molecule has 0 spiro atoms. The van der Waals surface area contributed by atoms with Gasteiger partial charge in [-0.2, -0.15) is 9.98 Å². The molecule has 1 aliphatic rings. The van der Waals surface area contributed by atoms with Crippen LogP contribution in [0.15, 0.2) is 32.9 Å². The highest BCUT2D eigenvalue weighted by Crippen LogP contribution is 2.46. The Labute approximate surface area is 126 Å². The van der Waals surface area contributed by atoms with Crippen molar-refractivity contribution in [2.24, 2.45) is 27.7 Å². The van der Waals surface area contributed by atoms with Gasteiger partial charge in [-0.15, -0.1) is 0 Å². The van der Waals surface area contributed by atoms with Gasteiger partial charge in [-0.3, -0.25) is 0 Å². The number of allylic oxidation sites excluding steroid dienone is 1. The quantitative estimate of drug-likeness (QED) is 0.568. The maximum absolute atomic E-state index is 11.0. The molecule has 0 aliphatic heterocycles. The Hall–Kier alpha value is -1.76. The average Bonchev–Trinajstić information content (AvgIpc) is 2.38. The van der Waals surface area contributed by atoms with E-state index in [4.69, 9.17) is 0 Å². The Balaban J connectivity index is 3.74. The lowest BCUT2D eigenvalue weighted by molar-refractivity contribution is 0.333. The van der Waals surface area contributed by atoms with Crippen LogP contribution in [-0.4, -0.2) is 17.7 Å². The summed E-state index contributed by atoms with van der Waals surface area (Å²) in [5.41, 5.74) is 1.95. The second-order valence-corrected chi connectivity index (χ2v) is 6.42. The van der Waals surface area contributed by atoms with E-state index < -0.39 is 5.54 Å². The summed E-state index contributed by atoms with van der Waals surface area (Å²) in [5, 5.41) is 0. The number of isocyanates is 2. The van der Waals surface area contributed by atoms with Crippen molar-refractivity contribution < 1.29 is 9.59 Å². The van der Waals surface area contributed by atoms with E-state index in [1.165, 1.54) is 0 Å². The maximum atomic E-state index is 11.0. The zero-order chi connectivity index (χ0) is 16.2. The van der Waals surface area contributed by atoms with Crippen LogP contribution in [-0.2, 0) is 9.59 Å². The molecule has 1 unspecified atom stereocenters. The molecule has 114 valence electrons. The number of hydrogen-bond acceptors (Lipinski definition) is 4. The number of carbonyl (C=O) groups excluding carboxylic acids is 2. The normalized spacial score (nSPS) is 22.2. The molecule has 21 heavy (non-hydrogen) atoms. The fraction of sp³-hybridized carbons (Fsp3) is 0.647. The topological polar surface area (TPSA) is 58.9 Å². The largest absolute Gasteiger partial charge is 0.240 e. The van der Waals surface area contributed by atoms with Gasteiger partial charge < -0.3 is 0 Å². The summed E-state index contributed by atoms with van der Waals surface area (Å²) in [4.78, 5) is 30.0. The first-order chi connectivity index (χ1) is 9.81. The minimum absolute atomic E-state index is 0.109. The zero-order valence-electron chi connectivity index (χ0n) is 13.7. The van der Waals surface area contributed by atoms with Crippen molar-refractivity contribution in [3.8, 4) is 0 Å². The van der Waals surface area contributed by atoms with E-state index in [0.717, 1.165) is 11.1 Å². The maximum Gasteiger partial charge on any atom is 0.240 e. The van der Waals surface area contributed by atoms with Gasteiger partial charge in [-0.05, 0) is 35.3 Å². The summed E-state index contributed by atoms with van der Waals surface area (Å²) in [6, 6.07) is 0. The van der Waals surface area contributed by atoms with Crippen LogP contribution in [0.5, 0.6) is 0 Å². The van der Waals surface area contributed by atoms with Gasteiger partial charge in [-0.1, -0.05) is 47.6 Å². The van der Waals surface area contributed by atoms with Gasteiger partial charge in [0.05, 0.1) is 5.70 Å². The second-order valence-electron chi connectivity index (χ2n) is 6.42. The van der Waals surface area contributed by atoms with Crippen LogP contribution in [0, 0.1) is 17.8 Å². The van der Waals surface area contributed by atoms with Crippen molar-refractivity contribution in [1.82, 2.24) is 0 Å². The Morgan fingerprint density at radius 2 is 1.67 bits per heavy atom. The van der Waals surface area contributed by atoms with Gasteiger partial charge in [0.15, 0.2) is 0 Å². The minimum Gasteiger partial charge on any atom is -0.211 e. The van der Waals surface area contributed by atoms with Crippen molar-refractivity contribution in [3.63, 3.8) is 0 Å². The van der Waals surface area contributed by atoms with E-state index in [0.29, 0.717) is 12.1 Å². The molecule has 4 nitrogen and oxygen atoms in total. The molecule has 0 heterocycles. The third-order valence-electron chi connectivity index (χ3n) is 4.19. The van der Waals surface area contributed by atoms with E-state index in [2.05, 4.69) is 23.8 Å². The SMILES string of the molecule is CC(C)C1=CCC(N=C=O)(C(C)C)C(C(C)C)=C1N=C=O. The predicted octanol–water partition coefficient (Wildman–Crippen LogP) is 3.95. The van der Waals surface area contributed by atoms with Crippen molar-refractivity contribution in [2.75, 3.05) is 0 Å².